The molecule has 2 aromatic rings. The fourth-order valence-corrected chi connectivity index (χ4v) is 2.00. The third-order valence-corrected chi connectivity index (χ3v) is 3.27. The quantitative estimate of drug-likeness (QED) is 0.661. The number of aromatic nitrogens is 2. The predicted octanol–water partition coefficient (Wildman–Crippen LogP) is 2.95. The van der Waals surface area contributed by atoms with E-state index in [1.807, 2.05) is 20.8 Å². The number of H-pyrrole nitrogens is 1. The second kappa shape index (κ2) is 5.42. The topological polar surface area (TPSA) is 97.8 Å². The number of nitrogens with two attached hydrogens (primary N) is 1. The van der Waals surface area contributed by atoms with E-state index in [0.717, 1.165) is 11.3 Å². The van der Waals surface area contributed by atoms with E-state index in [1.54, 1.807) is 12.1 Å². The van der Waals surface area contributed by atoms with Gasteiger partial charge in [0.15, 0.2) is 0 Å². The molecule has 0 aliphatic carbocycles. The zero-order valence-electron chi connectivity index (χ0n) is 11.8. The summed E-state index contributed by atoms with van der Waals surface area (Å²) < 4.78 is 0. The first kappa shape index (κ1) is 14.2. The number of aryl methyl sites for hydroxylation is 1. The summed E-state index contributed by atoms with van der Waals surface area (Å²) >= 11 is 0. The number of rotatable bonds is 4. The average Bonchev–Trinajstić information content (AvgIpc) is 2.80. The van der Waals surface area contributed by atoms with Crippen LogP contribution in [0.3, 0.4) is 0 Å². The highest BCUT2D eigenvalue weighted by atomic mass is 16.6. The minimum atomic E-state index is -0.410. The molecule has 0 aliphatic heterocycles. The van der Waals surface area contributed by atoms with Crippen LogP contribution in [0.1, 0.15) is 31.4 Å². The number of hydrogen-bond acceptors (Lipinski definition) is 4. The van der Waals surface area contributed by atoms with E-state index in [1.165, 1.54) is 12.1 Å². The second-order valence-electron chi connectivity index (χ2n) is 5.17. The molecule has 0 bridgehead atoms. The fraction of sp³-hybridized carbons (Fsp3) is 0.357. The number of nitro benzene ring substituents is 1. The Morgan fingerprint density at radius 2 is 2.10 bits per heavy atom. The number of nitrogens with zero attached hydrogens (tertiary/aromatic N) is 2. The highest BCUT2D eigenvalue weighted by Gasteiger charge is 2.18. The molecular formula is C14H18N4O2. The van der Waals surface area contributed by atoms with Gasteiger partial charge in [-0.15, -0.1) is 0 Å². The maximum Gasteiger partial charge on any atom is 0.270 e. The number of nitrogens with one attached hydrogen (secondary N) is 1. The molecule has 1 atom stereocenters. The zero-order valence-corrected chi connectivity index (χ0v) is 11.8. The molecule has 6 nitrogen and oxygen atoms in total. The average molecular weight is 274 g/mol. The van der Waals surface area contributed by atoms with Crippen LogP contribution in [0.15, 0.2) is 24.3 Å². The summed E-state index contributed by atoms with van der Waals surface area (Å²) in [5.74, 6) is 0.970. The highest BCUT2D eigenvalue weighted by Crippen LogP contribution is 2.27. The fourth-order valence-electron chi connectivity index (χ4n) is 2.00. The third-order valence-electron chi connectivity index (χ3n) is 3.27. The summed E-state index contributed by atoms with van der Waals surface area (Å²) in [6.07, 6.45) is 0. The highest BCUT2D eigenvalue weighted by molar-refractivity contribution is 5.64. The molecule has 1 unspecified atom stereocenters. The largest absolute Gasteiger partial charge is 0.344 e. The van der Waals surface area contributed by atoms with Crippen molar-refractivity contribution in [1.29, 1.82) is 0 Å². The van der Waals surface area contributed by atoms with E-state index >= 15 is 0 Å². The first-order valence-corrected chi connectivity index (χ1v) is 6.47. The van der Waals surface area contributed by atoms with Gasteiger partial charge >= 0.3 is 0 Å². The van der Waals surface area contributed by atoms with E-state index in [9.17, 15) is 10.1 Å². The Balaban J connectivity index is 2.43. The summed E-state index contributed by atoms with van der Waals surface area (Å²) in [5.41, 5.74) is 8.41. The summed E-state index contributed by atoms with van der Waals surface area (Å²) in [7, 11) is 0. The summed E-state index contributed by atoms with van der Waals surface area (Å²) in [6.45, 7) is 5.93. The van der Waals surface area contributed by atoms with Crippen molar-refractivity contribution in [1.82, 2.24) is 9.97 Å². The zero-order chi connectivity index (χ0) is 14.9. The lowest BCUT2D eigenvalue weighted by Crippen LogP contribution is -2.18. The molecule has 20 heavy (non-hydrogen) atoms. The molecule has 0 spiro atoms. The van der Waals surface area contributed by atoms with Gasteiger partial charge in [-0.3, -0.25) is 10.1 Å². The van der Waals surface area contributed by atoms with Crippen molar-refractivity contribution in [2.45, 2.75) is 26.8 Å². The van der Waals surface area contributed by atoms with Crippen molar-refractivity contribution in [3.05, 3.63) is 45.9 Å². The maximum atomic E-state index is 10.8. The molecule has 0 fully saturated rings. The van der Waals surface area contributed by atoms with Crippen LogP contribution in [-0.2, 0) is 0 Å². The van der Waals surface area contributed by atoms with E-state index < -0.39 is 4.92 Å². The Labute approximate surface area is 117 Å². The van der Waals surface area contributed by atoms with Crippen LogP contribution in [0, 0.1) is 23.0 Å². The molecule has 0 saturated heterocycles. The normalized spacial score (nSPS) is 12.7. The molecule has 0 radical (unpaired) electrons. The van der Waals surface area contributed by atoms with Gasteiger partial charge in [0.2, 0.25) is 0 Å². The Morgan fingerprint density at radius 1 is 1.40 bits per heavy atom. The van der Waals surface area contributed by atoms with Crippen LogP contribution < -0.4 is 5.73 Å². The lowest BCUT2D eigenvalue weighted by molar-refractivity contribution is -0.384. The van der Waals surface area contributed by atoms with Crippen molar-refractivity contribution in [3.8, 4) is 11.3 Å². The summed E-state index contributed by atoms with van der Waals surface area (Å²) in [5, 5.41) is 10.8. The maximum absolute atomic E-state index is 10.8. The van der Waals surface area contributed by atoms with Gasteiger partial charge in [0.05, 0.1) is 16.7 Å². The van der Waals surface area contributed by atoms with Crippen LogP contribution in [0.2, 0.25) is 0 Å². The van der Waals surface area contributed by atoms with Gasteiger partial charge in [-0.2, -0.15) is 0 Å². The molecule has 1 heterocycles. The van der Waals surface area contributed by atoms with Crippen molar-refractivity contribution in [2.75, 3.05) is 0 Å². The van der Waals surface area contributed by atoms with E-state index in [2.05, 4.69) is 9.97 Å². The molecule has 0 saturated carbocycles. The Hall–Kier alpha value is -2.21. The third kappa shape index (κ3) is 2.70. The second-order valence-corrected chi connectivity index (χ2v) is 5.17. The number of imidazole rings is 1. The molecular weight excluding hydrogens is 256 g/mol. The molecule has 0 aliphatic rings. The van der Waals surface area contributed by atoms with Gasteiger partial charge in [0, 0.05) is 23.4 Å². The van der Waals surface area contributed by atoms with Gasteiger partial charge in [0.25, 0.3) is 5.69 Å². The van der Waals surface area contributed by atoms with Gasteiger partial charge < -0.3 is 10.7 Å². The van der Waals surface area contributed by atoms with Crippen LogP contribution >= 0.6 is 0 Å². The van der Waals surface area contributed by atoms with E-state index in [-0.39, 0.29) is 17.6 Å². The first-order chi connectivity index (χ1) is 9.40. The first-order valence-electron chi connectivity index (χ1n) is 6.47. The number of nitro groups is 1. The monoisotopic (exact) mass is 274 g/mol. The SMILES string of the molecule is Cc1[nH]c(C(N)C(C)C)nc1-c1cccc([N+](=O)[O-])c1. The van der Waals surface area contributed by atoms with E-state index in [0.29, 0.717) is 11.5 Å². The van der Waals surface area contributed by atoms with Crippen LogP contribution in [0.25, 0.3) is 11.3 Å². The number of hydrogen-bond donors (Lipinski definition) is 2. The lowest BCUT2D eigenvalue weighted by Gasteiger charge is -2.11. The van der Waals surface area contributed by atoms with E-state index in [4.69, 9.17) is 5.73 Å². The Morgan fingerprint density at radius 3 is 2.70 bits per heavy atom. The van der Waals surface area contributed by atoms with Crippen LogP contribution in [-0.4, -0.2) is 14.9 Å². The minimum absolute atomic E-state index is 0.0552. The van der Waals surface area contributed by atoms with Crippen molar-refractivity contribution < 1.29 is 4.92 Å². The van der Waals surface area contributed by atoms with Gasteiger partial charge in [-0.05, 0) is 12.8 Å². The molecule has 3 N–H and O–H groups in total. The smallest absolute Gasteiger partial charge is 0.270 e. The van der Waals surface area contributed by atoms with Crippen molar-refractivity contribution in [2.24, 2.45) is 11.7 Å². The van der Waals surface area contributed by atoms with Crippen LogP contribution in [0.5, 0.6) is 0 Å². The summed E-state index contributed by atoms with van der Waals surface area (Å²) in [6, 6.07) is 6.27. The van der Waals surface area contributed by atoms with Gasteiger partial charge in [0.1, 0.15) is 5.82 Å². The predicted molar refractivity (Wildman–Crippen MR) is 77.2 cm³/mol. The van der Waals surface area contributed by atoms with Crippen molar-refractivity contribution >= 4 is 5.69 Å². The molecule has 2 rings (SSSR count). The van der Waals surface area contributed by atoms with Crippen molar-refractivity contribution in [3.63, 3.8) is 0 Å². The summed E-state index contributed by atoms with van der Waals surface area (Å²) in [4.78, 5) is 18.1. The van der Waals surface area contributed by atoms with Crippen LogP contribution in [0.4, 0.5) is 5.69 Å². The molecule has 0 amide bonds. The lowest BCUT2D eigenvalue weighted by atomic mass is 10.1. The molecule has 1 aromatic heterocycles. The Bertz CT molecular complexity index is 634. The number of non-ortho nitro benzene ring substituents is 1. The molecule has 1 aromatic carbocycles. The van der Waals surface area contributed by atoms with Gasteiger partial charge in [-0.25, -0.2) is 4.98 Å². The number of aromatic amines is 1. The number of benzene rings is 1. The standard InChI is InChI=1S/C14H18N4O2/c1-8(2)12(15)14-16-9(3)13(17-14)10-5-4-6-11(7-10)18(19)20/h4-8,12H,15H2,1-3H3,(H,16,17). The minimum Gasteiger partial charge on any atom is -0.344 e. The van der Waals surface area contributed by atoms with Gasteiger partial charge in [-0.1, -0.05) is 26.0 Å². The molecule has 6 heteroatoms. The molecule has 106 valence electrons. The Kier molecular flexibility index (Phi) is 3.85.